The molecule has 0 aliphatic carbocycles. The smallest absolute Gasteiger partial charge is 0.115 e. The molecule has 0 bridgehead atoms. The fraction of sp³-hybridized carbons (Fsp3) is 0.312. The van der Waals surface area contributed by atoms with Crippen LogP contribution in [0.25, 0.3) is 0 Å². The normalized spacial score (nSPS) is 14.1. The molecule has 1 aromatic heterocycles. The van der Waals surface area contributed by atoms with Gasteiger partial charge in [0.05, 0.1) is 0 Å². The van der Waals surface area contributed by atoms with Crippen LogP contribution in [0.2, 0.25) is 0 Å². The lowest BCUT2D eigenvalue weighted by Gasteiger charge is -2.22. The summed E-state index contributed by atoms with van der Waals surface area (Å²) in [6, 6.07) is 13.5. The van der Waals surface area contributed by atoms with Crippen molar-refractivity contribution in [3.63, 3.8) is 0 Å². The molecule has 1 heterocycles. The van der Waals surface area contributed by atoms with Crippen LogP contribution in [-0.2, 0) is 0 Å². The van der Waals surface area contributed by atoms with E-state index < -0.39 is 0 Å². The van der Waals surface area contributed by atoms with Gasteiger partial charge in [0.2, 0.25) is 0 Å². The average Bonchev–Trinajstić information content (AvgIpc) is 2.41. The van der Waals surface area contributed by atoms with Crippen LogP contribution in [0.3, 0.4) is 0 Å². The number of nitrogens with zero attached hydrogens (tertiary/aromatic N) is 1. The molecule has 2 atom stereocenters. The quantitative estimate of drug-likeness (QED) is 0.874. The van der Waals surface area contributed by atoms with E-state index in [0.717, 1.165) is 12.1 Å². The third-order valence-corrected chi connectivity index (χ3v) is 3.53. The van der Waals surface area contributed by atoms with Crippen molar-refractivity contribution in [2.24, 2.45) is 0 Å². The first-order valence-electron chi connectivity index (χ1n) is 6.42. The second kappa shape index (κ2) is 5.67. The second-order valence-corrected chi connectivity index (χ2v) is 4.65. The summed E-state index contributed by atoms with van der Waals surface area (Å²) in [6.45, 7) is 4.41. The fourth-order valence-electron chi connectivity index (χ4n) is 2.42. The Balaban J connectivity index is 2.25. The first-order valence-corrected chi connectivity index (χ1v) is 6.42. The molecule has 0 saturated heterocycles. The summed E-state index contributed by atoms with van der Waals surface area (Å²) in [4.78, 5) is 4.46. The SMILES string of the molecule is CC[C@@H](c1ccccn1)[C@H](C)c1ccc(O)cc1. The monoisotopic (exact) mass is 241 g/mol. The highest BCUT2D eigenvalue weighted by Gasteiger charge is 2.20. The summed E-state index contributed by atoms with van der Waals surface area (Å²) in [6.07, 6.45) is 2.90. The molecule has 0 fully saturated rings. The lowest BCUT2D eigenvalue weighted by Crippen LogP contribution is -2.09. The van der Waals surface area contributed by atoms with Crippen molar-refractivity contribution in [3.8, 4) is 5.75 Å². The largest absolute Gasteiger partial charge is 0.508 e. The minimum atomic E-state index is 0.317. The highest BCUT2D eigenvalue weighted by Crippen LogP contribution is 2.34. The Kier molecular flexibility index (Phi) is 3.98. The zero-order chi connectivity index (χ0) is 13.0. The topological polar surface area (TPSA) is 33.1 Å². The van der Waals surface area contributed by atoms with Crippen LogP contribution in [0, 0.1) is 0 Å². The summed E-state index contributed by atoms with van der Waals surface area (Å²) < 4.78 is 0. The standard InChI is InChI=1S/C16H19NO/c1-3-15(16-6-4-5-11-17-16)12(2)13-7-9-14(18)10-8-13/h4-12,15,18H,3H2,1-2H3/t12-,15-/m1/s1. The third-order valence-electron chi connectivity index (χ3n) is 3.53. The number of rotatable bonds is 4. The van der Waals surface area contributed by atoms with E-state index in [9.17, 15) is 5.11 Å². The van der Waals surface area contributed by atoms with E-state index in [1.807, 2.05) is 30.5 Å². The molecule has 0 amide bonds. The van der Waals surface area contributed by atoms with Crippen molar-refractivity contribution in [1.82, 2.24) is 4.98 Å². The van der Waals surface area contributed by atoms with Crippen molar-refractivity contribution in [3.05, 3.63) is 59.9 Å². The number of benzene rings is 1. The molecule has 0 spiro atoms. The van der Waals surface area contributed by atoms with Crippen LogP contribution in [0.15, 0.2) is 48.7 Å². The van der Waals surface area contributed by atoms with E-state index in [4.69, 9.17) is 0 Å². The molecule has 2 rings (SSSR count). The van der Waals surface area contributed by atoms with E-state index in [0.29, 0.717) is 17.6 Å². The number of phenolic OH excluding ortho intramolecular Hbond substituents is 1. The van der Waals surface area contributed by atoms with E-state index in [2.05, 4.69) is 24.9 Å². The van der Waals surface area contributed by atoms with Crippen molar-refractivity contribution < 1.29 is 5.11 Å². The molecule has 1 aromatic carbocycles. The zero-order valence-electron chi connectivity index (χ0n) is 10.9. The van der Waals surface area contributed by atoms with Crippen LogP contribution < -0.4 is 0 Å². The number of hydrogen-bond acceptors (Lipinski definition) is 2. The van der Waals surface area contributed by atoms with Gasteiger partial charge in [-0.25, -0.2) is 0 Å². The molecular weight excluding hydrogens is 222 g/mol. The maximum absolute atomic E-state index is 9.34. The first kappa shape index (κ1) is 12.6. The van der Waals surface area contributed by atoms with Gasteiger partial charge < -0.3 is 5.11 Å². The Morgan fingerprint density at radius 2 is 1.83 bits per heavy atom. The van der Waals surface area contributed by atoms with Gasteiger partial charge in [-0.05, 0) is 42.2 Å². The molecule has 2 aromatic rings. The lowest BCUT2D eigenvalue weighted by molar-refractivity contribution is 0.474. The summed E-state index contributed by atoms with van der Waals surface area (Å²) in [5.41, 5.74) is 2.38. The molecule has 94 valence electrons. The Labute approximate surface area is 108 Å². The van der Waals surface area contributed by atoms with Gasteiger partial charge in [-0.2, -0.15) is 0 Å². The molecule has 18 heavy (non-hydrogen) atoms. The van der Waals surface area contributed by atoms with Gasteiger partial charge in [0, 0.05) is 17.8 Å². The number of aromatic nitrogens is 1. The molecule has 0 saturated carbocycles. The number of hydrogen-bond donors (Lipinski definition) is 1. The first-order chi connectivity index (χ1) is 8.72. The van der Waals surface area contributed by atoms with Gasteiger partial charge in [-0.3, -0.25) is 4.98 Å². The van der Waals surface area contributed by atoms with Gasteiger partial charge in [-0.1, -0.05) is 32.0 Å². The van der Waals surface area contributed by atoms with E-state index in [1.165, 1.54) is 5.56 Å². The summed E-state index contributed by atoms with van der Waals surface area (Å²) in [5.74, 6) is 1.12. The molecule has 0 unspecified atom stereocenters. The predicted molar refractivity (Wildman–Crippen MR) is 73.8 cm³/mol. The summed E-state index contributed by atoms with van der Waals surface area (Å²) >= 11 is 0. The van der Waals surface area contributed by atoms with Gasteiger partial charge >= 0.3 is 0 Å². The molecule has 0 aliphatic rings. The van der Waals surface area contributed by atoms with Gasteiger partial charge in [0.1, 0.15) is 5.75 Å². The zero-order valence-corrected chi connectivity index (χ0v) is 10.9. The minimum absolute atomic E-state index is 0.317. The summed E-state index contributed by atoms with van der Waals surface area (Å²) in [5, 5.41) is 9.34. The molecule has 0 radical (unpaired) electrons. The Morgan fingerprint density at radius 3 is 2.39 bits per heavy atom. The number of phenols is 1. The van der Waals surface area contributed by atoms with Crippen LogP contribution in [0.4, 0.5) is 0 Å². The highest BCUT2D eigenvalue weighted by molar-refractivity contribution is 5.30. The Hall–Kier alpha value is -1.83. The number of aromatic hydroxyl groups is 1. The van der Waals surface area contributed by atoms with Crippen LogP contribution >= 0.6 is 0 Å². The van der Waals surface area contributed by atoms with Gasteiger partial charge in [0.25, 0.3) is 0 Å². The van der Waals surface area contributed by atoms with Crippen molar-refractivity contribution in [2.45, 2.75) is 32.1 Å². The maximum Gasteiger partial charge on any atom is 0.115 e. The van der Waals surface area contributed by atoms with Gasteiger partial charge in [-0.15, -0.1) is 0 Å². The molecule has 1 N–H and O–H groups in total. The van der Waals surface area contributed by atoms with E-state index in [1.54, 1.807) is 12.1 Å². The lowest BCUT2D eigenvalue weighted by atomic mass is 9.83. The maximum atomic E-state index is 9.34. The highest BCUT2D eigenvalue weighted by atomic mass is 16.3. The van der Waals surface area contributed by atoms with Crippen LogP contribution in [0.5, 0.6) is 5.75 Å². The Bertz CT molecular complexity index is 478. The molecule has 2 nitrogen and oxygen atoms in total. The average molecular weight is 241 g/mol. The molecule has 0 aliphatic heterocycles. The van der Waals surface area contributed by atoms with E-state index >= 15 is 0 Å². The fourth-order valence-corrected chi connectivity index (χ4v) is 2.42. The minimum Gasteiger partial charge on any atom is -0.508 e. The third kappa shape index (κ3) is 2.70. The van der Waals surface area contributed by atoms with Crippen molar-refractivity contribution in [2.75, 3.05) is 0 Å². The summed E-state index contributed by atoms with van der Waals surface area (Å²) in [7, 11) is 0. The second-order valence-electron chi connectivity index (χ2n) is 4.65. The van der Waals surface area contributed by atoms with Crippen LogP contribution in [0.1, 0.15) is 43.4 Å². The van der Waals surface area contributed by atoms with Crippen LogP contribution in [-0.4, -0.2) is 10.1 Å². The number of pyridine rings is 1. The van der Waals surface area contributed by atoms with Crippen molar-refractivity contribution in [1.29, 1.82) is 0 Å². The predicted octanol–water partition coefficient (Wildman–Crippen LogP) is 4.08. The molecular formula is C16H19NO. The van der Waals surface area contributed by atoms with Gasteiger partial charge in [0.15, 0.2) is 0 Å². The molecule has 2 heteroatoms. The van der Waals surface area contributed by atoms with E-state index in [-0.39, 0.29) is 0 Å². The Morgan fingerprint density at radius 1 is 1.11 bits per heavy atom. The van der Waals surface area contributed by atoms with Crippen molar-refractivity contribution >= 4 is 0 Å².